The number of amides is 1. The van der Waals surface area contributed by atoms with Gasteiger partial charge in [0.2, 0.25) is 0 Å². The molecule has 0 saturated heterocycles. The number of nitro groups is 1. The Labute approximate surface area is 84.1 Å². The third-order valence-electron chi connectivity index (χ3n) is 1.87. The first-order valence-electron chi connectivity index (χ1n) is 4.09. The van der Waals surface area contributed by atoms with E-state index in [9.17, 15) is 14.9 Å². The fourth-order valence-corrected chi connectivity index (χ4v) is 1.20. The van der Waals surface area contributed by atoms with Crippen LogP contribution in [-0.4, -0.2) is 10.8 Å². The zero-order valence-corrected chi connectivity index (χ0v) is 7.45. The van der Waals surface area contributed by atoms with E-state index in [1.54, 1.807) is 6.07 Å². The SMILES string of the molecule is O=C1C=C(c2cccc([N+](=O)[O-])c2)N=N1. The molecule has 1 aliphatic rings. The first-order chi connectivity index (χ1) is 7.16. The summed E-state index contributed by atoms with van der Waals surface area (Å²) in [6.45, 7) is 0. The molecular weight excluding hydrogens is 198 g/mol. The second kappa shape index (κ2) is 3.41. The number of hydrogen-bond donors (Lipinski definition) is 0. The van der Waals surface area contributed by atoms with Gasteiger partial charge in [-0.2, -0.15) is 0 Å². The van der Waals surface area contributed by atoms with Crippen LogP contribution < -0.4 is 0 Å². The van der Waals surface area contributed by atoms with E-state index < -0.39 is 10.8 Å². The van der Waals surface area contributed by atoms with E-state index in [-0.39, 0.29) is 5.69 Å². The average molecular weight is 203 g/mol. The van der Waals surface area contributed by atoms with Crippen molar-refractivity contribution in [3.63, 3.8) is 0 Å². The number of azo groups is 1. The van der Waals surface area contributed by atoms with Gasteiger partial charge >= 0.3 is 0 Å². The quantitative estimate of drug-likeness (QED) is 0.543. The minimum Gasteiger partial charge on any atom is -0.266 e. The van der Waals surface area contributed by atoms with Crippen LogP contribution in [0.1, 0.15) is 5.56 Å². The Morgan fingerprint density at radius 1 is 1.27 bits per heavy atom. The highest BCUT2D eigenvalue weighted by Gasteiger charge is 2.13. The number of carbonyl (C=O) groups excluding carboxylic acids is 1. The second-order valence-corrected chi connectivity index (χ2v) is 2.88. The van der Waals surface area contributed by atoms with Crippen LogP contribution in [0.25, 0.3) is 5.70 Å². The molecule has 1 aliphatic heterocycles. The molecule has 0 bridgehead atoms. The maximum atomic E-state index is 10.8. The van der Waals surface area contributed by atoms with Crippen LogP contribution in [0.2, 0.25) is 0 Å². The van der Waals surface area contributed by atoms with E-state index in [4.69, 9.17) is 0 Å². The Balaban J connectivity index is 2.42. The van der Waals surface area contributed by atoms with E-state index in [0.29, 0.717) is 11.3 Å². The molecule has 1 aromatic rings. The van der Waals surface area contributed by atoms with Gasteiger partial charge < -0.3 is 0 Å². The van der Waals surface area contributed by atoms with Gasteiger partial charge in [-0.25, -0.2) is 0 Å². The highest BCUT2D eigenvalue weighted by Crippen LogP contribution is 2.23. The zero-order valence-electron chi connectivity index (χ0n) is 7.45. The summed E-state index contributed by atoms with van der Waals surface area (Å²) in [6, 6.07) is 5.89. The van der Waals surface area contributed by atoms with Crippen molar-refractivity contribution in [2.24, 2.45) is 10.2 Å². The largest absolute Gasteiger partial charge is 0.290 e. The van der Waals surface area contributed by atoms with Crippen molar-refractivity contribution in [1.82, 2.24) is 0 Å². The van der Waals surface area contributed by atoms with Crippen molar-refractivity contribution >= 4 is 17.3 Å². The first-order valence-corrected chi connectivity index (χ1v) is 4.09. The molecule has 0 fully saturated rings. The molecule has 1 aromatic carbocycles. The summed E-state index contributed by atoms with van der Waals surface area (Å²) in [6.07, 6.45) is 1.24. The van der Waals surface area contributed by atoms with Crippen LogP contribution >= 0.6 is 0 Å². The van der Waals surface area contributed by atoms with Crippen LogP contribution in [-0.2, 0) is 4.79 Å². The van der Waals surface area contributed by atoms with Crippen molar-refractivity contribution in [1.29, 1.82) is 0 Å². The van der Waals surface area contributed by atoms with Crippen LogP contribution in [0.15, 0.2) is 40.6 Å². The Kier molecular flexibility index (Phi) is 2.09. The molecule has 15 heavy (non-hydrogen) atoms. The summed E-state index contributed by atoms with van der Waals surface area (Å²) < 4.78 is 0. The molecule has 0 spiro atoms. The third kappa shape index (κ3) is 1.78. The molecule has 0 saturated carbocycles. The third-order valence-corrected chi connectivity index (χ3v) is 1.87. The molecule has 1 heterocycles. The summed E-state index contributed by atoms with van der Waals surface area (Å²) in [7, 11) is 0. The van der Waals surface area contributed by atoms with Crippen molar-refractivity contribution in [3.8, 4) is 0 Å². The van der Waals surface area contributed by atoms with Gasteiger partial charge in [0.05, 0.1) is 10.6 Å². The van der Waals surface area contributed by atoms with Gasteiger partial charge in [-0.15, -0.1) is 10.2 Å². The summed E-state index contributed by atoms with van der Waals surface area (Å²) in [5.41, 5.74) is 0.824. The second-order valence-electron chi connectivity index (χ2n) is 2.88. The van der Waals surface area contributed by atoms with Crippen LogP contribution in [0, 0.1) is 10.1 Å². The van der Waals surface area contributed by atoms with Crippen molar-refractivity contribution < 1.29 is 9.72 Å². The molecule has 0 aliphatic carbocycles. The smallest absolute Gasteiger partial charge is 0.266 e. The van der Waals surface area contributed by atoms with E-state index in [0.717, 1.165) is 0 Å². The Hall–Kier alpha value is -2.37. The molecule has 2 rings (SSSR count). The highest BCUT2D eigenvalue weighted by molar-refractivity contribution is 5.98. The fourth-order valence-electron chi connectivity index (χ4n) is 1.20. The van der Waals surface area contributed by atoms with Crippen LogP contribution in [0.5, 0.6) is 0 Å². The molecule has 6 nitrogen and oxygen atoms in total. The predicted octanol–water partition coefficient (Wildman–Crippen LogP) is 1.93. The summed E-state index contributed by atoms with van der Waals surface area (Å²) in [5.74, 6) is -0.448. The molecule has 74 valence electrons. The molecular formula is C9H5N3O3. The van der Waals surface area contributed by atoms with Gasteiger partial charge in [0, 0.05) is 23.8 Å². The highest BCUT2D eigenvalue weighted by atomic mass is 16.6. The lowest BCUT2D eigenvalue weighted by Crippen LogP contribution is -1.89. The number of nitro benzene ring substituents is 1. The standard InChI is InChI=1S/C9H5N3O3/c13-9-5-8(10-11-9)6-2-1-3-7(4-6)12(14)15/h1-5H. The van der Waals surface area contributed by atoms with E-state index >= 15 is 0 Å². The molecule has 6 heteroatoms. The molecule has 0 N–H and O–H groups in total. The normalized spacial score (nSPS) is 14.1. The maximum Gasteiger partial charge on any atom is 0.290 e. The predicted molar refractivity (Wildman–Crippen MR) is 50.9 cm³/mol. The van der Waals surface area contributed by atoms with E-state index in [1.165, 1.54) is 24.3 Å². The Morgan fingerprint density at radius 2 is 2.07 bits per heavy atom. The Bertz CT molecular complexity index is 505. The summed E-state index contributed by atoms with van der Waals surface area (Å²) in [5, 5.41) is 17.4. The van der Waals surface area contributed by atoms with Gasteiger partial charge in [0.25, 0.3) is 11.6 Å². The lowest BCUT2D eigenvalue weighted by molar-refractivity contribution is -0.384. The zero-order chi connectivity index (χ0) is 10.8. The van der Waals surface area contributed by atoms with E-state index in [2.05, 4.69) is 10.2 Å². The number of benzene rings is 1. The minimum absolute atomic E-state index is 0.0389. The summed E-state index contributed by atoms with van der Waals surface area (Å²) in [4.78, 5) is 20.8. The molecule has 0 atom stereocenters. The molecule has 0 aromatic heterocycles. The number of carbonyl (C=O) groups is 1. The van der Waals surface area contributed by atoms with Gasteiger partial charge in [0.1, 0.15) is 0 Å². The van der Waals surface area contributed by atoms with Gasteiger partial charge in [-0.3, -0.25) is 14.9 Å². The van der Waals surface area contributed by atoms with Gasteiger partial charge in [-0.1, -0.05) is 12.1 Å². The topological polar surface area (TPSA) is 84.9 Å². The number of non-ortho nitro benzene ring substituents is 1. The first kappa shape index (κ1) is 9.20. The fraction of sp³-hybridized carbons (Fsp3) is 0. The van der Waals surface area contributed by atoms with Crippen molar-refractivity contribution in [2.45, 2.75) is 0 Å². The molecule has 0 unspecified atom stereocenters. The summed E-state index contributed by atoms with van der Waals surface area (Å²) >= 11 is 0. The molecule has 1 amide bonds. The Morgan fingerprint density at radius 3 is 2.67 bits per heavy atom. The average Bonchev–Trinajstić information content (AvgIpc) is 2.65. The number of rotatable bonds is 2. The maximum absolute atomic E-state index is 10.8. The number of hydrogen-bond acceptors (Lipinski definition) is 4. The van der Waals surface area contributed by atoms with Gasteiger partial charge in [0.15, 0.2) is 0 Å². The van der Waals surface area contributed by atoms with Crippen molar-refractivity contribution in [2.75, 3.05) is 0 Å². The lowest BCUT2D eigenvalue weighted by atomic mass is 10.1. The number of nitrogens with zero attached hydrogens (tertiary/aromatic N) is 3. The minimum atomic E-state index is -0.502. The molecule has 0 radical (unpaired) electrons. The monoisotopic (exact) mass is 203 g/mol. The van der Waals surface area contributed by atoms with E-state index in [1.807, 2.05) is 0 Å². The van der Waals surface area contributed by atoms with Gasteiger partial charge in [-0.05, 0) is 0 Å². The van der Waals surface area contributed by atoms with Crippen LogP contribution in [0.3, 0.4) is 0 Å². The van der Waals surface area contributed by atoms with Crippen LogP contribution in [0.4, 0.5) is 5.69 Å². The lowest BCUT2D eigenvalue weighted by Gasteiger charge is -1.96. The van der Waals surface area contributed by atoms with Crippen molar-refractivity contribution in [3.05, 3.63) is 46.0 Å².